The Labute approximate surface area is 220 Å². The van der Waals surface area contributed by atoms with E-state index in [1.807, 2.05) is 12.3 Å². The predicted octanol–water partition coefficient (Wildman–Crippen LogP) is 4.56. The van der Waals surface area contributed by atoms with Crippen molar-refractivity contribution in [3.05, 3.63) is 53.5 Å². The molecule has 5 heterocycles. The van der Waals surface area contributed by atoms with Crippen molar-refractivity contribution < 1.29 is 5.11 Å². The third-order valence-corrected chi connectivity index (χ3v) is 7.69. The maximum absolute atomic E-state index is 9.45. The zero-order valence-corrected chi connectivity index (χ0v) is 22.7. The van der Waals surface area contributed by atoms with Gasteiger partial charge in [-0.1, -0.05) is 13.8 Å². The van der Waals surface area contributed by atoms with Crippen molar-refractivity contribution >= 4 is 17.6 Å². The SMILES string of the molecule is Cc1cc(CO)cnc1N1CCN(c2cc(-c3ccnc(C(C)C)c3)nc(N3CCCC3C)n2)[C@H](C)C1. The molecular weight excluding hydrogens is 462 g/mol. The van der Waals surface area contributed by atoms with Crippen LogP contribution in [0.4, 0.5) is 17.6 Å². The summed E-state index contributed by atoms with van der Waals surface area (Å²) in [5.74, 6) is 3.16. The van der Waals surface area contributed by atoms with Crippen LogP contribution in [-0.4, -0.2) is 63.3 Å². The molecule has 0 bridgehead atoms. The van der Waals surface area contributed by atoms with Gasteiger partial charge in [-0.05, 0) is 68.9 Å². The van der Waals surface area contributed by atoms with Crippen molar-refractivity contribution in [3.63, 3.8) is 0 Å². The third kappa shape index (κ3) is 5.25. The molecule has 0 aromatic carbocycles. The van der Waals surface area contributed by atoms with Gasteiger partial charge >= 0.3 is 0 Å². The molecule has 0 amide bonds. The molecule has 0 aliphatic carbocycles. The molecule has 1 unspecified atom stereocenters. The zero-order valence-electron chi connectivity index (χ0n) is 22.7. The van der Waals surface area contributed by atoms with Gasteiger partial charge in [-0.15, -0.1) is 0 Å². The van der Waals surface area contributed by atoms with Crippen LogP contribution < -0.4 is 14.7 Å². The van der Waals surface area contributed by atoms with Crippen molar-refractivity contribution in [3.8, 4) is 11.3 Å². The standard InChI is InChI=1S/C29H39N7O/c1-19(2)25-14-24(8-9-30-25)26-15-27(33-29(32-26)36-10-6-7-21(36)4)35-12-11-34(17-22(35)5)28-20(3)13-23(18-37)16-31-28/h8-9,13-16,19,21-22,37H,6-7,10-12,17-18H2,1-5H3/t21?,22-/m1/s1. The molecule has 5 rings (SSSR count). The van der Waals surface area contributed by atoms with Gasteiger partial charge in [0.25, 0.3) is 0 Å². The maximum Gasteiger partial charge on any atom is 0.228 e. The fourth-order valence-electron chi connectivity index (χ4n) is 5.53. The molecule has 3 aromatic rings. The van der Waals surface area contributed by atoms with Crippen molar-refractivity contribution in [2.24, 2.45) is 0 Å². The highest BCUT2D eigenvalue weighted by Crippen LogP contribution is 2.32. The number of piperazine rings is 1. The lowest BCUT2D eigenvalue weighted by Crippen LogP contribution is -2.53. The average molecular weight is 502 g/mol. The number of aliphatic hydroxyl groups is 1. The summed E-state index contributed by atoms with van der Waals surface area (Å²) >= 11 is 0. The second kappa shape index (κ2) is 10.6. The Morgan fingerprint density at radius 1 is 1.00 bits per heavy atom. The summed E-state index contributed by atoms with van der Waals surface area (Å²) in [6, 6.07) is 9.09. The normalized spacial score (nSPS) is 20.2. The lowest BCUT2D eigenvalue weighted by atomic mass is 10.1. The lowest BCUT2D eigenvalue weighted by molar-refractivity contribution is 0.281. The molecule has 0 saturated carbocycles. The van der Waals surface area contributed by atoms with Gasteiger partial charge in [0.1, 0.15) is 11.6 Å². The fourth-order valence-corrected chi connectivity index (χ4v) is 5.53. The van der Waals surface area contributed by atoms with Gasteiger partial charge in [0.15, 0.2) is 0 Å². The smallest absolute Gasteiger partial charge is 0.228 e. The molecule has 1 N–H and O–H groups in total. The summed E-state index contributed by atoms with van der Waals surface area (Å²) in [5.41, 5.74) is 5.06. The molecule has 2 atom stereocenters. The Bertz CT molecular complexity index is 1250. The summed E-state index contributed by atoms with van der Waals surface area (Å²) in [4.78, 5) is 26.5. The first-order valence-corrected chi connectivity index (χ1v) is 13.5. The molecule has 37 heavy (non-hydrogen) atoms. The number of hydrogen-bond donors (Lipinski definition) is 1. The largest absolute Gasteiger partial charge is 0.392 e. The van der Waals surface area contributed by atoms with Crippen molar-refractivity contribution in [1.29, 1.82) is 0 Å². The van der Waals surface area contributed by atoms with Crippen LogP contribution in [0.15, 0.2) is 36.7 Å². The van der Waals surface area contributed by atoms with Crippen molar-refractivity contribution in [2.45, 2.75) is 72.1 Å². The molecule has 8 heteroatoms. The van der Waals surface area contributed by atoms with Gasteiger partial charge in [-0.25, -0.2) is 9.97 Å². The minimum absolute atomic E-state index is 0.0163. The fraction of sp³-hybridized carbons (Fsp3) is 0.517. The highest BCUT2D eigenvalue weighted by atomic mass is 16.3. The lowest BCUT2D eigenvalue weighted by Gasteiger charge is -2.41. The molecule has 0 radical (unpaired) electrons. The second-order valence-electron chi connectivity index (χ2n) is 10.9. The topological polar surface area (TPSA) is 81.5 Å². The molecule has 2 fully saturated rings. The Morgan fingerprint density at radius 3 is 2.51 bits per heavy atom. The van der Waals surface area contributed by atoms with Gasteiger partial charge in [0.2, 0.25) is 5.95 Å². The van der Waals surface area contributed by atoms with E-state index in [0.29, 0.717) is 12.0 Å². The van der Waals surface area contributed by atoms with Crippen molar-refractivity contribution in [1.82, 2.24) is 19.9 Å². The number of rotatable bonds is 6. The Kier molecular flexibility index (Phi) is 7.29. The van der Waals surface area contributed by atoms with E-state index in [0.717, 1.165) is 71.8 Å². The first kappa shape index (κ1) is 25.4. The summed E-state index contributed by atoms with van der Waals surface area (Å²) in [7, 11) is 0. The Balaban J connectivity index is 1.46. The summed E-state index contributed by atoms with van der Waals surface area (Å²) in [5, 5.41) is 9.45. The molecule has 2 aliphatic rings. The van der Waals surface area contributed by atoms with Crippen LogP contribution in [0.3, 0.4) is 0 Å². The van der Waals surface area contributed by atoms with Gasteiger partial charge in [0.05, 0.1) is 12.3 Å². The van der Waals surface area contributed by atoms with Crippen LogP contribution in [0.25, 0.3) is 11.3 Å². The van der Waals surface area contributed by atoms with Crippen LogP contribution >= 0.6 is 0 Å². The predicted molar refractivity (Wildman–Crippen MR) is 149 cm³/mol. The van der Waals surface area contributed by atoms with Crippen LogP contribution in [0, 0.1) is 6.92 Å². The molecule has 196 valence electrons. The quantitative estimate of drug-likeness (QED) is 0.526. The van der Waals surface area contributed by atoms with E-state index in [2.05, 4.69) is 77.5 Å². The van der Waals surface area contributed by atoms with Gasteiger partial charge < -0.3 is 19.8 Å². The van der Waals surface area contributed by atoms with Gasteiger partial charge in [-0.3, -0.25) is 4.98 Å². The minimum atomic E-state index is 0.0163. The summed E-state index contributed by atoms with van der Waals surface area (Å²) in [6.45, 7) is 14.5. The van der Waals surface area contributed by atoms with Crippen LogP contribution in [-0.2, 0) is 6.61 Å². The number of aryl methyl sites for hydroxylation is 1. The van der Waals surface area contributed by atoms with E-state index in [4.69, 9.17) is 9.97 Å². The number of nitrogens with zero attached hydrogens (tertiary/aromatic N) is 7. The number of aliphatic hydroxyl groups excluding tert-OH is 1. The van der Waals surface area contributed by atoms with E-state index >= 15 is 0 Å². The van der Waals surface area contributed by atoms with Crippen LogP contribution in [0.1, 0.15) is 63.3 Å². The summed E-state index contributed by atoms with van der Waals surface area (Å²) in [6.07, 6.45) is 6.02. The minimum Gasteiger partial charge on any atom is -0.392 e. The number of aromatic nitrogens is 4. The molecule has 8 nitrogen and oxygen atoms in total. The highest BCUT2D eigenvalue weighted by molar-refractivity contribution is 5.66. The van der Waals surface area contributed by atoms with Gasteiger partial charge in [0, 0.05) is 68.0 Å². The number of pyridine rings is 2. The van der Waals surface area contributed by atoms with Gasteiger partial charge in [-0.2, -0.15) is 4.98 Å². The van der Waals surface area contributed by atoms with E-state index in [9.17, 15) is 5.11 Å². The summed E-state index contributed by atoms with van der Waals surface area (Å²) < 4.78 is 0. The Hall–Kier alpha value is -3.26. The molecule has 2 aliphatic heterocycles. The molecule has 2 saturated heterocycles. The number of hydrogen-bond acceptors (Lipinski definition) is 8. The average Bonchev–Trinajstić information content (AvgIpc) is 3.34. The molecule has 0 spiro atoms. The van der Waals surface area contributed by atoms with Crippen molar-refractivity contribution in [2.75, 3.05) is 40.9 Å². The van der Waals surface area contributed by atoms with E-state index in [1.54, 1.807) is 6.20 Å². The second-order valence-corrected chi connectivity index (χ2v) is 10.9. The highest BCUT2D eigenvalue weighted by Gasteiger charge is 2.29. The van der Waals surface area contributed by atoms with E-state index < -0.39 is 0 Å². The first-order chi connectivity index (χ1) is 17.8. The Morgan fingerprint density at radius 2 is 1.84 bits per heavy atom. The first-order valence-electron chi connectivity index (χ1n) is 13.5. The third-order valence-electron chi connectivity index (χ3n) is 7.69. The van der Waals surface area contributed by atoms with E-state index in [1.165, 1.54) is 12.8 Å². The monoisotopic (exact) mass is 501 g/mol. The zero-order chi connectivity index (χ0) is 26.1. The maximum atomic E-state index is 9.45. The molecular formula is C29H39N7O. The van der Waals surface area contributed by atoms with Crippen LogP contribution in [0.2, 0.25) is 0 Å². The molecule has 3 aromatic heterocycles. The van der Waals surface area contributed by atoms with E-state index in [-0.39, 0.29) is 12.6 Å². The van der Waals surface area contributed by atoms with Crippen LogP contribution in [0.5, 0.6) is 0 Å². The number of anilines is 3.